The first-order chi connectivity index (χ1) is 9.48. The molecule has 0 aromatic heterocycles. The molecule has 2 rings (SSSR count). The second-order valence-electron chi connectivity index (χ2n) is 4.16. The van der Waals surface area contributed by atoms with Crippen LogP contribution in [0, 0.1) is 12.3 Å². The van der Waals surface area contributed by atoms with Gasteiger partial charge in [-0.25, -0.2) is 0 Å². The zero-order chi connectivity index (χ0) is 14.6. The molecule has 0 bridgehead atoms. The van der Waals surface area contributed by atoms with E-state index >= 15 is 0 Å². The fourth-order valence-electron chi connectivity index (χ4n) is 1.72. The minimum Gasteiger partial charge on any atom is -0.484 e. The fourth-order valence-corrected chi connectivity index (χ4v) is 1.72. The highest BCUT2D eigenvalue weighted by atomic mass is 19.4. The van der Waals surface area contributed by atoms with Crippen LogP contribution >= 0.6 is 0 Å². The molecular formula is C16H11F3O. The summed E-state index contributed by atoms with van der Waals surface area (Å²) >= 11 is 0. The van der Waals surface area contributed by atoms with Gasteiger partial charge in [-0.15, -0.1) is 6.42 Å². The molecule has 2 aromatic rings. The second-order valence-corrected chi connectivity index (χ2v) is 4.16. The predicted octanol–water partition coefficient (Wildman–Crippen LogP) is 4.28. The Morgan fingerprint density at radius 1 is 1.00 bits per heavy atom. The second kappa shape index (κ2) is 5.70. The Bertz CT molecular complexity index is 639. The normalized spacial score (nSPS) is 10.9. The van der Waals surface area contributed by atoms with Gasteiger partial charge >= 0.3 is 6.18 Å². The van der Waals surface area contributed by atoms with Crippen LogP contribution in [0.2, 0.25) is 0 Å². The summed E-state index contributed by atoms with van der Waals surface area (Å²) in [6, 6.07) is 13.7. The van der Waals surface area contributed by atoms with Gasteiger partial charge < -0.3 is 4.74 Å². The van der Waals surface area contributed by atoms with Crippen LogP contribution in [0.4, 0.5) is 13.2 Å². The molecule has 102 valence electrons. The maximum absolute atomic E-state index is 12.1. The largest absolute Gasteiger partial charge is 0.484 e. The summed E-state index contributed by atoms with van der Waals surface area (Å²) in [5.74, 6) is 2.69. The summed E-state index contributed by atoms with van der Waals surface area (Å²) in [5.41, 5.74) is 2.30. The minimum absolute atomic E-state index is 0.172. The Labute approximate surface area is 115 Å². The van der Waals surface area contributed by atoms with Crippen LogP contribution in [-0.4, -0.2) is 12.8 Å². The van der Waals surface area contributed by atoms with Crippen LogP contribution in [-0.2, 0) is 0 Å². The number of hydrogen-bond donors (Lipinski definition) is 0. The Morgan fingerprint density at radius 2 is 1.65 bits per heavy atom. The van der Waals surface area contributed by atoms with E-state index < -0.39 is 12.8 Å². The quantitative estimate of drug-likeness (QED) is 0.760. The van der Waals surface area contributed by atoms with Crippen molar-refractivity contribution in [3.63, 3.8) is 0 Å². The van der Waals surface area contributed by atoms with Crippen molar-refractivity contribution in [2.45, 2.75) is 6.18 Å². The van der Waals surface area contributed by atoms with E-state index in [1.165, 1.54) is 6.07 Å². The van der Waals surface area contributed by atoms with Crippen molar-refractivity contribution < 1.29 is 17.9 Å². The van der Waals surface area contributed by atoms with Crippen molar-refractivity contribution in [2.24, 2.45) is 0 Å². The minimum atomic E-state index is -4.35. The molecule has 0 spiro atoms. The van der Waals surface area contributed by atoms with E-state index in [4.69, 9.17) is 11.2 Å². The molecule has 0 aliphatic rings. The average molecular weight is 276 g/mol. The highest BCUT2D eigenvalue weighted by Crippen LogP contribution is 2.25. The van der Waals surface area contributed by atoms with Crippen molar-refractivity contribution in [1.29, 1.82) is 0 Å². The summed E-state index contributed by atoms with van der Waals surface area (Å²) in [6.07, 6.45) is 0.975. The zero-order valence-corrected chi connectivity index (χ0v) is 10.4. The van der Waals surface area contributed by atoms with Gasteiger partial charge in [0.25, 0.3) is 0 Å². The lowest BCUT2D eigenvalue weighted by atomic mass is 10.0. The topological polar surface area (TPSA) is 9.23 Å². The molecule has 2 aromatic carbocycles. The Morgan fingerprint density at radius 3 is 2.30 bits per heavy atom. The third kappa shape index (κ3) is 3.79. The summed E-state index contributed by atoms with van der Waals surface area (Å²) in [6.45, 7) is -1.30. The van der Waals surface area contributed by atoms with Crippen LogP contribution in [0.1, 0.15) is 5.56 Å². The van der Waals surface area contributed by atoms with Crippen molar-refractivity contribution in [3.8, 4) is 29.2 Å². The number of ether oxygens (including phenoxy) is 1. The summed E-state index contributed by atoms with van der Waals surface area (Å²) in [7, 11) is 0. The van der Waals surface area contributed by atoms with Gasteiger partial charge in [0.05, 0.1) is 0 Å². The SMILES string of the molecule is C#Cc1cccc(-c2cccc(OCC(F)(F)F)c2)c1. The zero-order valence-electron chi connectivity index (χ0n) is 10.4. The standard InChI is InChI=1S/C16H11F3O/c1-2-12-5-3-6-13(9-12)14-7-4-8-15(10-14)20-11-16(17,18)19/h1,3-10H,11H2. The first kappa shape index (κ1) is 14.0. The Hall–Kier alpha value is -2.41. The highest BCUT2D eigenvalue weighted by molar-refractivity contribution is 5.66. The van der Waals surface area contributed by atoms with Gasteiger partial charge in [-0.05, 0) is 35.4 Å². The lowest BCUT2D eigenvalue weighted by Crippen LogP contribution is -2.19. The van der Waals surface area contributed by atoms with Crippen molar-refractivity contribution in [2.75, 3.05) is 6.61 Å². The monoisotopic (exact) mass is 276 g/mol. The van der Waals surface area contributed by atoms with Gasteiger partial charge in [-0.2, -0.15) is 13.2 Å². The number of alkyl halides is 3. The first-order valence-electron chi connectivity index (χ1n) is 5.84. The van der Waals surface area contributed by atoms with E-state index in [1.807, 2.05) is 6.07 Å². The molecule has 0 radical (unpaired) electrons. The number of benzene rings is 2. The van der Waals surface area contributed by atoms with E-state index in [9.17, 15) is 13.2 Å². The van der Waals surface area contributed by atoms with E-state index in [0.29, 0.717) is 5.56 Å². The molecule has 0 unspecified atom stereocenters. The van der Waals surface area contributed by atoms with E-state index in [1.54, 1.807) is 36.4 Å². The van der Waals surface area contributed by atoms with Gasteiger partial charge in [0, 0.05) is 5.56 Å². The third-order valence-electron chi connectivity index (χ3n) is 2.60. The molecule has 0 aliphatic carbocycles. The van der Waals surface area contributed by atoms with Crippen LogP contribution < -0.4 is 4.74 Å². The van der Waals surface area contributed by atoms with Gasteiger partial charge in [0.15, 0.2) is 6.61 Å². The number of rotatable bonds is 3. The van der Waals surface area contributed by atoms with Crippen molar-refractivity contribution in [1.82, 2.24) is 0 Å². The van der Waals surface area contributed by atoms with E-state index in [2.05, 4.69) is 5.92 Å². The molecular weight excluding hydrogens is 265 g/mol. The highest BCUT2D eigenvalue weighted by Gasteiger charge is 2.28. The van der Waals surface area contributed by atoms with Gasteiger partial charge in [0.1, 0.15) is 5.75 Å². The third-order valence-corrected chi connectivity index (χ3v) is 2.60. The molecule has 4 heteroatoms. The number of hydrogen-bond acceptors (Lipinski definition) is 1. The van der Waals surface area contributed by atoms with Crippen LogP contribution in [0.15, 0.2) is 48.5 Å². The molecule has 0 saturated carbocycles. The Balaban J connectivity index is 2.23. The fraction of sp³-hybridized carbons (Fsp3) is 0.125. The number of terminal acetylenes is 1. The molecule has 0 N–H and O–H groups in total. The molecule has 0 heterocycles. The Kier molecular flexibility index (Phi) is 3.99. The molecule has 0 atom stereocenters. The summed E-state index contributed by atoms with van der Waals surface area (Å²) in [5, 5.41) is 0. The predicted molar refractivity (Wildman–Crippen MR) is 71.4 cm³/mol. The van der Waals surface area contributed by atoms with Crippen molar-refractivity contribution in [3.05, 3.63) is 54.1 Å². The van der Waals surface area contributed by atoms with E-state index in [-0.39, 0.29) is 5.75 Å². The molecule has 1 nitrogen and oxygen atoms in total. The lowest BCUT2D eigenvalue weighted by Gasteiger charge is -2.10. The molecule has 0 amide bonds. The van der Waals surface area contributed by atoms with Gasteiger partial charge in [-0.1, -0.05) is 30.2 Å². The molecule has 20 heavy (non-hydrogen) atoms. The van der Waals surface area contributed by atoms with Crippen LogP contribution in [0.25, 0.3) is 11.1 Å². The van der Waals surface area contributed by atoms with Crippen molar-refractivity contribution >= 4 is 0 Å². The van der Waals surface area contributed by atoms with Gasteiger partial charge in [-0.3, -0.25) is 0 Å². The van der Waals surface area contributed by atoms with Crippen LogP contribution in [0.3, 0.4) is 0 Å². The maximum Gasteiger partial charge on any atom is 0.422 e. The molecule has 0 aliphatic heterocycles. The first-order valence-corrected chi connectivity index (χ1v) is 5.84. The van der Waals surface area contributed by atoms with Gasteiger partial charge in [0.2, 0.25) is 0 Å². The van der Waals surface area contributed by atoms with E-state index in [0.717, 1.165) is 11.1 Å². The summed E-state index contributed by atoms with van der Waals surface area (Å²) in [4.78, 5) is 0. The number of halogens is 3. The smallest absolute Gasteiger partial charge is 0.422 e. The lowest BCUT2D eigenvalue weighted by molar-refractivity contribution is -0.153. The molecule has 0 fully saturated rings. The summed E-state index contributed by atoms with van der Waals surface area (Å²) < 4.78 is 41.1. The average Bonchev–Trinajstić information content (AvgIpc) is 2.45. The van der Waals surface area contributed by atoms with Crippen LogP contribution in [0.5, 0.6) is 5.75 Å². The maximum atomic E-state index is 12.1. The molecule has 0 saturated heterocycles.